The number of anilines is 1. The highest BCUT2D eigenvalue weighted by molar-refractivity contribution is 5.93. The highest BCUT2D eigenvalue weighted by Gasteiger charge is 2.65. The van der Waals surface area contributed by atoms with Gasteiger partial charge in [0.1, 0.15) is 5.56 Å². The normalized spacial score (nSPS) is 28.2. The maximum absolute atomic E-state index is 12.2. The molecule has 0 bridgehead atoms. The summed E-state index contributed by atoms with van der Waals surface area (Å²) < 4.78 is 18.1. The van der Waals surface area contributed by atoms with Crippen LogP contribution < -0.4 is 14.8 Å². The summed E-state index contributed by atoms with van der Waals surface area (Å²) >= 11 is 0. The lowest BCUT2D eigenvalue weighted by Crippen LogP contribution is -2.63. The first-order chi connectivity index (χ1) is 12.2. The Morgan fingerprint density at radius 3 is 2.80 bits per heavy atom. The molecule has 1 aliphatic carbocycles. The van der Waals surface area contributed by atoms with E-state index in [1.807, 2.05) is 18.2 Å². The number of rotatable bonds is 1. The smallest absolute Gasteiger partial charge is 0.341 e. The largest absolute Gasteiger partial charge is 0.471 e. The van der Waals surface area contributed by atoms with Crippen LogP contribution in [0.15, 0.2) is 42.5 Å². The van der Waals surface area contributed by atoms with Gasteiger partial charge in [-0.1, -0.05) is 24.3 Å². The second kappa shape index (κ2) is 4.91. The van der Waals surface area contributed by atoms with E-state index in [2.05, 4.69) is 17.4 Å². The van der Waals surface area contributed by atoms with Gasteiger partial charge in [-0.3, -0.25) is 0 Å². The Bertz CT molecular complexity index is 880. The average molecular weight is 337 g/mol. The van der Waals surface area contributed by atoms with Gasteiger partial charge in [0.05, 0.1) is 7.11 Å². The van der Waals surface area contributed by atoms with Gasteiger partial charge in [-0.05, 0) is 37.5 Å². The van der Waals surface area contributed by atoms with Crippen molar-refractivity contribution in [1.29, 1.82) is 0 Å². The van der Waals surface area contributed by atoms with Crippen molar-refractivity contribution in [3.63, 3.8) is 0 Å². The second-order valence-electron chi connectivity index (χ2n) is 6.86. The predicted molar refractivity (Wildman–Crippen MR) is 92.0 cm³/mol. The first-order valence-electron chi connectivity index (χ1n) is 8.66. The van der Waals surface area contributed by atoms with Crippen LogP contribution in [0.1, 0.15) is 41.6 Å². The summed E-state index contributed by atoms with van der Waals surface area (Å²) in [6.07, 6.45) is 3.81. The third kappa shape index (κ3) is 1.75. The Morgan fingerprint density at radius 1 is 1.08 bits per heavy atom. The minimum atomic E-state index is -0.628. The van der Waals surface area contributed by atoms with Gasteiger partial charge in [-0.2, -0.15) is 0 Å². The lowest BCUT2D eigenvalue weighted by Gasteiger charge is -2.51. The van der Waals surface area contributed by atoms with Crippen LogP contribution in [0.4, 0.5) is 5.69 Å². The molecule has 2 atom stereocenters. The van der Waals surface area contributed by atoms with Crippen LogP contribution in [0.25, 0.3) is 0 Å². The number of carbonyl (C=O) groups is 1. The molecule has 0 aromatic heterocycles. The summed E-state index contributed by atoms with van der Waals surface area (Å²) in [5.74, 6) is 0.644. The fourth-order valence-corrected chi connectivity index (χ4v) is 4.51. The Hall–Kier alpha value is -2.69. The molecular weight excluding hydrogens is 318 g/mol. The molecule has 3 aliphatic rings. The number of benzene rings is 2. The zero-order valence-electron chi connectivity index (χ0n) is 14.0. The van der Waals surface area contributed by atoms with Crippen molar-refractivity contribution >= 4 is 11.7 Å². The highest BCUT2D eigenvalue weighted by atomic mass is 16.6. The monoisotopic (exact) mass is 337 g/mol. The minimum absolute atomic E-state index is 0.401. The van der Waals surface area contributed by atoms with E-state index in [9.17, 15) is 4.79 Å². The van der Waals surface area contributed by atoms with E-state index in [-0.39, 0.29) is 0 Å². The van der Waals surface area contributed by atoms with E-state index in [1.165, 1.54) is 7.11 Å². The van der Waals surface area contributed by atoms with Crippen molar-refractivity contribution in [3.8, 4) is 11.5 Å². The second-order valence-corrected chi connectivity index (χ2v) is 6.86. The molecule has 2 aliphatic heterocycles. The van der Waals surface area contributed by atoms with Crippen molar-refractivity contribution in [2.75, 3.05) is 12.4 Å². The molecule has 1 saturated carbocycles. The van der Waals surface area contributed by atoms with Crippen molar-refractivity contribution in [2.24, 2.45) is 0 Å². The maximum atomic E-state index is 12.2. The topological polar surface area (TPSA) is 56.8 Å². The fraction of sp³-hybridized carbons (Fsp3) is 0.350. The molecule has 25 heavy (non-hydrogen) atoms. The predicted octanol–water partition coefficient (Wildman–Crippen LogP) is 3.84. The zero-order valence-corrected chi connectivity index (χ0v) is 14.0. The van der Waals surface area contributed by atoms with E-state index in [4.69, 9.17) is 14.2 Å². The Morgan fingerprint density at radius 2 is 1.92 bits per heavy atom. The molecule has 5 rings (SSSR count). The number of para-hydroxylation sites is 2. The van der Waals surface area contributed by atoms with E-state index in [0.717, 1.165) is 36.9 Å². The molecule has 2 aromatic rings. The van der Waals surface area contributed by atoms with Gasteiger partial charge < -0.3 is 19.5 Å². The van der Waals surface area contributed by atoms with Crippen LogP contribution in [-0.4, -0.2) is 18.8 Å². The molecule has 0 unspecified atom stereocenters. The summed E-state index contributed by atoms with van der Waals surface area (Å²) in [5, 5.41) is 3.58. The minimum Gasteiger partial charge on any atom is -0.471 e. The van der Waals surface area contributed by atoms with Gasteiger partial charge in [0.2, 0.25) is 5.72 Å². The van der Waals surface area contributed by atoms with Gasteiger partial charge in [-0.15, -0.1) is 0 Å². The van der Waals surface area contributed by atoms with Gasteiger partial charge in [-0.25, -0.2) is 4.79 Å². The molecule has 5 heteroatoms. The Labute approximate surface area is 145 Å². The van der Waals surface area contributed by atoms with Crippen LogP contribution in [0.3, 0.4) is 0 Å². The summed E-state index contributed by atoms with van der Waals surface area (Å²) in [6.45, 7) is 0. The SMILES string of the molecule is COC(=O)c1cccc2c1O[C@@]13CCCC[C@@]1(Nc1ccccc13)O2. The molecule has 2 aromatic carbocycles. The van der Waals surface area contributed by atoms with E-state index in [1.54, 1.807) is 12.1 Å². The van der Waals surface area contributed by atoms with Gasteiger partial charge in [0, 0.05) is 17.7 Å². The summed E-state index contributed by atoms with van der Waals surface area (Å²) in [6, 6.07) is 13.5. The lowest BCUT2D eigenvalue weighted by atomic mass is 9.74. The standard InChI is InChI=1S/C20H19NO4/c1-23-18(22)13-7-6-10-16-17(13)25-19-11-4-5-12-20(19,24-16)21-15-9-3-2-8-14(15)19/h2-3,6-10,21H,4-5,11-12H2,1H3/t19-,20-/m1/s1. The van der Waals surface area contributed by atoms with Crippen LogP contribution in [0.5, 0.6) is 11.5 Å². The number of carbonyl (C=O) groups excluding carboxylic acids is 1. The van der Waals surface area contributed by atoms with Gasteiger partial charge in [0.15, 0.2) is 17.1 Å². The van der Waals surface area contributed by atoms with Crippen molar-refractivity contribution in [3.05, 3.63) is 53.6 Å². The first kappa shape index (κ1) is 14.6. The molecule has 0 spiro atoms. The van der Waals surface area contributed by atoms with Crippen LogP contribution in [0, 0.1) is 0 Å². The highest BCUT2D eigenvalue weighted by Crippen LogP contribution is 2.60. The Kier molecular flexibility index (Phi) is 2.87. The number of hydrogen-bond acceptors (Lipinski definition) is 5. The molecule has 5 nitrogen and oxygen atoms in total. The van der Waals surface area contributed by atoms with Crippen LogP contribution in [0.2, 0.25) is 0 Å². The summed E-state index contributed by atoms with van der Waals surface area (Å²) in [4.78, 5) is 12.2. The number of nitrogens with one attached hydrogen (secondary N) is 1. The molecule has 1 fully saturated rings. The molecule has 0 amide bonds. The van der Waals surface area contributed by atoms with E-state index in [0.29, 0.717) is 17.1 Å². The lowest BCUT2D eigenvalue weighted by molar-refractivity contribution is -0.147. The summed E-state index contributed by atoms with van der Waals surface area (Å²) in [5.41, 5.74) is 1.28. The average Bonchev–Trinajstić information content (AvgIpc) is 2.95. The van der Waals surface area contributed by atoms with Crippen LogP contribution in [-0.2, 0) is 10.3 Å². The number of esters is 1. The number of fused-ring (bicyclic) bond motifs is 2. The Balaban J connectivity index is 1.73. The van der Waals surface area contributed by atoms with E-state index < -0.39 is 17.3 Å². The number of ether oxygens (including phenoxy) is 3. The maximum Gasteiger partial charge on any atom is 0.341 e. The fourth-order valence-electron chi connectivity index (χ4n) is 4.51. The van der Waals surface area contributed by atoms with Crippen molar-refractivity contribution < 1.29 is 19.0 Å². The number of methoxy groups -OCH3 is 1. The molecule has 0 radical (unpaired) electrons. The molecule has 0 saturated heterocycles. The summed E-state index contributed by atoms with van der Waals surface area (Å²) in [7, 11) is 1.38. The van der Waals surface area contributed by atoms with Gasteiger partial charge in [0.25, 0.3) is 0 Å². The van der Waals surface area contributed by atoms with Crippen molar-refractivity contribution in [1.82, 2.24) is 0 Å². The van der Waals surface area contributed by atoms with Gasteiger partial charge >= 0.3 is 5.97 Å². The molecule has 128 valence electrons. The molecular formula is C20H19NO4. The quantitative estimate of drug-likeness (QED) is 0.802. The van der Waals surface area contributed by atoms with Crippen molar-refractivity contribution in [2.45, 2.75) is 37.0 Å². The number of hydrogen-bond donors (Lipinski definition) is 1. The molecule has 2 heterocycles. The third-order valence-corrected chi connectivity index (χ3v) is 5.60. The zero-order chi connectivity index (χ0) is 17.1. The van der Waals surface area contributed by atoms with Crippen LogP contribution >= 0.6 is 0 Å². The third-order valence-electron chi connectivity index (χ3n) is 5.60. The first-order valence-corrected chi connectivity index (χ1v) is 8.66. The molecule has 1 N–H and O–H groups in total. The van der Waals surface area contributed by atoms with E-state index >= 15 is 0 Å².